The maximum Gasteiger partial charge on any atom is 0.232 e. The summed E-state index contributed by atoms with van der Waals surface area (Å²) in [5.41, 5.74) is 4.66. The van der Waals surface area contributed by atoms with Crippen LogP contribution in [0.25, 0.3) is 33.1 Å². The highest BCUT2D eigenvalue weighted by atomic mass is 32.2. The lowest BCUT2D eigenvalue weighted by Gasteiger charge is -2.12. The molecule has 5 rings (SSSR count). The van der Waals surface area contributed by atoms with Gasteiger partial charge < -0.3 is 15.4 Å². The quantitative estimate of drug-likeness (QED) is 0.268. The molecule has 3 aromatic heterocycles. The van der Waals surface area contributed by atoms with Gasteiger partial charge in [-0.15, -0.1) is 0 Å². The van der Waals surface area contributed by atoms with Gasteiger partial charge in [0, 0.05) is 33.9 Å². The summed E-state index contributed by atoms with van der Waals surface area (Å²) < 4.78 is 26.7. The van der Waals surface area contributed by atoms with Crippen molar-refractivity contribution in [2.24, 2.45) is 0 Å². The van der Waals surface area contributed by atoms with E-state index in [1.165, 1.54) is 0 Å². The number of nitrogens with one attached hydrogen (secondary N) is 3. The molecule has 0 unspecified atom stereocenters. The first-order chi connectivity index (χ1) is 16.4. The maximum atomic E-state index is 12.1. The van der Waals surface area contributed by atoms with E-state index in [0.29, 0.717) is 34.4 Å². The van der Waals surface area contributed by atoms with Crippen LogP contribution >= 0.6 is 0 Å². The minimum atomic E-state index is -3.44. The number of nitrogens with zero attached hydrogens (tertiary/aromatic N) is 2. The Kier molecular flexibility index (Phi) is 5.54. The Hall–Kier alpha value is -4.11. The molecule has 0 aliphatic heterocycles. The number of aromatic amines is 1. The molecule has 5 aromatic rings. The van der Waals surface area contributed by atoms with Crippen molar-refractivity contribution in [2.75, 3.05) is 15.8 Å². The van der Waals surface area contributed by atoms with Crippen molar-refractivity contribution in [1.29, 1.82) is 0 Å². The Morgan fingerprint density at radius 1 is 1.00 bits per heavy atom. The minimum absolute atomic E-state index is 0.0339. The molecule has 0 saturated heterocycles. The fraction of sp³-hybridized carbons (Fsp3) is 0.120. The van der Waals surface area contributed by atoms with Crippen molar-refractivity contribution >= 4 is 43.2 Å². The van der Waals surface area contributed by atoms with Gasteiger partial charge in [-0.2, -0.15) is 0 Å². The molecular weight excluding hydrogens is 450 g/mol. The molecule has 172 valence electrons. The molecule has 0 spiro atoms. The topological polar surface area (TPSA) is 120 Å². The zero-order valence-electron chi connectivity index (χ0n) is 18.4. The number of hydrogen-bond acceptors (Lipinski definition) is 6. The van der Waals surface area contributed by atoms with Gasteiger partial charge in [-0.3, -0.25) is 9.71 Å². The van der Waals surface area contributed by atoms with Crippen molar-refractivity contribution < 1.29 is 13.5 Å². The van der Waals surface area contributed by atoms with Crippen LogP contribution in [-0.2, 0) is 16.6 Å². The van der Waals surface area contributed by atoms with E-state index in [1.807, 2.05) is 48.5 Å². The predicted molar refractivity (Wildman–Crippen MR) is 135 cm³/mol. The first-order valence-corrected chi connectivity index (χ1v) is 12.5. The number of H-pyrrole nitrogens is 1. The minimum Gasteiger partial charge on any atom is -0.494 e. The third kappa shape index (κ3) is 4.25. The van der Waals surface area contributed by atoms with Crippen molar-refractivity contribution in [1.82, 2.24) is 15.0 Å². The Labute approximate surface area is 196 Å². The van der Waals surface area contributed by atoms with Gasteiger partial charge in [0.1, 0.15) is 0 Å². The first-order valence-electron chi connectivity index (χ1n) is 10.8. The van der Waals surface area contributed by atoms with Crippen molar-refractivity contribution in [2.45, 2.75) is 13.5 Å². The average Bonchev–Trinajstić information content (AvgIpc) is 3.17. The summed E-state index contributed by atoms with van der Waals surface area (Å²) in [5, 5.41) is 15.8. The van der Waals surface area contributed by atoms with Crippen LogP contribution in [0.2, 0.25) is 0 Å². The van der Waals surface area contributed by atoms with Gasteiger partial charge in [0.25, 0.3) is 0 Å². The summed E-state index contributed by atoms with van der Waals surface area (Å²) in [7, 11) is -3.44. The van der Waals surface area contributed by atoms with Crippen LogP contribution in [-0.4, -0.2) is 34.2 Å². The lowest BCUT2D eigenvalue weighted by Crippen LogP contribution is -2.14. The van der Waals surface area contributed by atoms with Gasteiger partial charge in [0.15, 0.2) is 5.88 Å². The number of sulfonamides is 1. The van der Waals surface area contributed by atoms with E-state index in [0.717, 1.165) is 22.3 Å². The number of pyridine rings is 2. The second-order valence-corrected chi connectivity index (χ2v) is 9.87. The maximum absolute atomic E-state index is 12.1. The number of aromatic hydroxyl groups is 1. The van der Waals surface area contributed by atoms with E-state index in [1.54, 1.807) is 31.3 Å². The highest BCUT2D eigenvalue weighted by molar-refractivity contribution is 7.92. The van der Waals surface area contributed by atoms with E-state index in [-0.39, 0.29) is 11.6 Å². The molecule has 0 radical (unpaired) electrons. The number of hydrogen-bond donors (Lipinski definition) is 4. The van der Waals surface area contributed by atoms with Gasteiger partial charge in [-0.1, -0.05) is 24.3 Å². The van der Waals surface area contributed by atoms with Crippen LogP contribution in [0.15, 0.2) is 72.9 Å². The molecule has 0 bridgehead atoms. The van der Waals surface area contributed by atoms with Gasteiger partial charge in [0.05, 0.1) is 34.8 Å². The SMILES string of the molecule is CCS(=O)(=O)Nc1ccc2[nH]c(O)c(-c3cc(NCc4ccccn4)c4ccccc4n3)c2c1. The van der Waals surface area contributed by atoms with Crippen molar-refractivity contribution in [3.63, 3.8) is 0 Å². The van der Waals surface area contributed by atoms with Crippen molar-refractivity contribution in [3.05, 3.63) is 78.6 Å². The van der Waals surface area contributed by atoms with Crippen molar-refractivity contribution in [3.8, 4) is 17.1 Å². The molecule has 34 heavy (non-hydrogen) atoms. The smallest absolute Gasteiger partial charge is 0.232 e. The third-order valence-corrected chi connectivity index (χ3v) is 6.90. The normalized spacial score (nSPS) is 11.7. The zero-order valence-corrected chi connectivity index (χ0v) is 19.2. The monoisotopic (exact) mass is 473 g/mol. The Bertz CT molecular complexity index is 1600. The number of fused-ring (bicyclic) bond motifs is 2. The fourth-order valence-corrected chi connectivity index (χ4v) is 4.52. The number of aromatic nitrogens is 3. The number of rotatable bonds is 7. The van der Waals surface area contributed by atoms with Gasteiger partial charge in [-0.05, 0) is 49.4 Å². The molecule has 8 nitrogen and oxygen atoms in total. The fourth-order valence-electron chi connectivity index (χ4n) is 3.89. The highest BCUT2D eigenvalue weighted by Gasteiger charge is 2.18. The largest absolute Gasteiger partial charge is 0.494 e. The first kappa shape index (κ1) is 21.7. The number of anilines is 2. The molecule has 0 aliphatic rings. The van der Waals surface area contributed by atoms with Gasteiger partial charge in [0.2, 0.25) is 10.0 Å². The van der Waals surface area contributed by atoms with Crippen LogP contribution < -0.4 is 10.0 Å². The summed E-state index contributed by atoms with van der Waals surface area (Å²) in [6.07, 6.45) is 1.75. The number of para-hydroxylation sites is 1. The van der Waals surface area contributed by atoms with Crippen LogP contribution in [0.3, 0.4) is 0 Å². The molecule has 3 heterocycles. The standard InChI is InChI=1S/C25H23N5O3S/c1-2-34(32,33)30-16-10-11-21-19(13-16)24(25(31)29-21)23-14-22(18-8-3-4-9-20(18)28-23)27-15-17-7-5-6-12-26-17/h3-14,29-31H,2,15H2,1H3,(H,27,28). The van der Waals surface area contributed by atoms with E-state index in [9.17, 15) is 13.5 Å². The van der Waals surface area contributed by atoms with Gasteiger partial charge >= 0.3 is 0 Å². The molecule has 0 aliphatic carbocycles. The Morgan fingerprint density at radius 3 is 2.62 bits per heavy atom. The molecule has 0 saturated carbocycles. The van der Waals surface area contributed by atoms with Crippen LogP contribution in [0.4, 0.5) is 11.4 Å². The second-order valence-electron chi connectivity index (χ2n) is 7.86. The van der Waals surface area contributed by atoms with Gasteiger partial charge in [-0.25, -0.2) is 13.4 Å². The van der Waals surface area contributed by atoms with E-state index < -0.39 is 10.0 Å². The molecule has 2 aromatic carbocycles. The summed E-state index contributed by atoms with van der Waals surface area (Å²) in [4.78, 5) is 12.1. The molecule has 9 heteroatoms. The Morgan fingerprint density at radius 2 is 1.82 bits per heavy atom. The summed E-state index contributed by atoms with van der Waals surface area (Å²) in [5.74, 6) is -0.0719. The lowest BCUT2D eigenvalue weighted by molar-refractivity contribution is 0.460. The van der Waals surface area contributed by atoms with E-state index in [2.05, 4.69) is 20.0 Å². The molecular formula is C25H23N5O3S. The molecule has 0 amide bonds. The summed E-state index contributed by atoms with van der Waals surface area (Å²) >= 11 is 0. The average molecular weight is 474 g/mol. The zero-order chi connectivity index (χ0) is 23.7. The Balaban J connectivity index is 1.62. The second kappa shape index (κ2) is 8.68. The summed E-state index contributed by atoms with van der Waals surface area (Å²) in [6, 6.07) is 20.5. The van der Waals surface area contributed by atoms with Crippen LogP contribution in [0, 0.1) is 0 Å². The summed E-state index contributed by atoms with van der Waals surface area (Å²) in [6.45, 7) is 2.10. The van der Waals surface area contributed by atoms with E-state index >= 15 is 0 Å². The molecule has 0 fully saturated rings. The lowest BCUT2D eigenvalue weighted by atomic mass is 10.1. The molecule has 0 atom stereocenters. The highest BCUT2D eigenvalue weighted by Crippen LogP contribution is 2.39. The van der Waals surface area contributed by atoms with Crippen LogP contribution in [0.5, 0.6) is 5.88 Å². The molecule has 4 N–H and O–H groups in total. The number of benzene rings is 2. The third-order valence-electron chi connectivity index (χ3n) is 5.59. The van der Waals surface area contributed by atoms with E-state index in [4.69, 9.17) is 4.98 Å². The predicted octanol–water partition coefficient (Wildman–Crippen LogP) is 4.86. The van der Waals surface area contributed by atoms with Crippen LogP contribution in [0.1, 0.15) is 12.6 Å².